The molecule has 2 saturated heterocycles. The van der Waals surface area contributed by atoms with Gasteiger partial charge in [-0.05, 0) is 65.7 Å². The Balaban J connectivity index is 1.58. The number of carbonyl (C=O) groups is 2. The van der Waals surface area contributed by atoms with Crippen molar-refractivity contribution in [3.8, 4) is 5.75 Å². The highest BCUT2D eigenvalue weighted by Gasteiger charge is 2.58. The fraction of sp³-hybridized carbons (Fsp3) is 0.385. The van der Waals surface area contributed by atoms with Crippen LogP contribution in [0.25, 0.3) is 0 Å². The highest BCUT2D eigenvalue weighted by Crippen LogP contribution is 2.52. The number of amides is 2. The molecule has 0 radical (unpaired) electrons. The van der Waals surface area contributed by atoms with E-state index in [-0.39, 0.29) is 36.6 Å². The third-order valence-electron chi connectivity index (χ3n) is 7.70. The number of halogens is 7. The Kier molecular flexibility index (Phi) is 7.19. The van der Waals surface area contributed by atoms with Gasteiger partial charge >= 0.3 is 19.5 Å². The molecule has 4 atom stereocenters. The smallest absolute Gasteiger partial charge is 0.487 e. The normalized spacial score (nSPS) is 25.1. The molecular weight excluding hydrogens is 566 g/mol. The number of fused-ring (bicyclic) bond motifs is 3. The van der Waals surface area contributed by atoms with Crippen LogP contribution in [-0.4, -0.2) is 42.8 Å². The predicted octanol–water partition coefficient (Wildman–Crippen LogP) is 4.82. The average Bonchev–Trinajstić information content (AvgIpc) is 3.13. The first kappa shape index (κ1) is 29.1. The van der Waals surface area contributed by atoms with Crippen molar-refractivity contribution < 1.29 is 59.8 Å². The number of methoxy groups -OCH3 is 1. The SMILES string of the molecule is COCC1=C2B(O)O[C@H](c3ccc(O)c(F)c3)C[C@H]2[C@H]2C(=O)N(c3cc(C(F)(F)F)cc(C(F)(F)F)c3)C(=O)[C@H]2C1. The van der Waals surface area contributed by atoms with E-state index in [1.165, 1.54) is 13.2 Å². The predicted molar refractivity (Wildman–Crippen MR) is 127 cm³/mol. The number of allylic oxidation sites excluding steroid dienone is 1. The molecule has 2 N–H and O–H groups in total. The van der Waals surface area contributed by atoms with E-state index in [9.17, 15) is 50.5 Å². The molecule has 0 saturated carbocycles. The summed E-state index contributed by atoms with van der Waals surface area (Å²) in [6.45, 7) is -0.1000. The van der Waals surface area contributed by atoms with Crippen molar-refractivity contribution in [3.05, 3.63) is 70.0 Å². The molecule has 5 rings (SSSR count). The van der Waals surface area contributed by atoms with E-state index in [0.717, 1.165) is 12.1 Å². The topological polar surface area (TPSA) is 96.3 Å². The number of carbonyl (C=O) groups excluding carboxylic acids is 2. The third-order valence-corrected chi connectivity index (χ3v) is 7.70. The molecule has 2 aromatic rings. The fourth-order valence-corrected chi connectivity index (χ4v) is 5.98. The molecule has 7 nitrogen and oxygen atoms in total. The monoisotopic (exact) mass is 587 g/mol. The minimum absolute atomic E-state index is 0.0890. The van der Waals surface area contributed by atoms with Gasteiger partial charge in [0.25, 0.3) is 0 Å². The van der Waals surface area contributed by atoms with Gasteiger partial charge in [0.1, 0.15) is 0 Å². The summed E-state index contributed by atoms with van der Waals surface area (Å²) >= 11 is 0. The minimum atomic E-state index is -5.20. The Bertz CT molecular complexity index is 1410. The molecule has 2 heterocycles. The Morgan fingerprint density at radius 3 is 2.20 bits per heavy atom. The molecule has 2 amide bonds. The van der Waals surface area contributed by atoms with E-state index in [1.807, 2.05) is 0 Å². The number of phenolic OH excluding ortho intramolecular Hbond substituents is 1. The first-order valence-corrected chi connectivity index (χ1v) is 12.3. The van der Waals surface area contributed by atoms with Crippen LogP contribution in [0.15, 0.2) is 47.4 Å². The number of phenols is 1. The van der Waals surface area contributed by atoms with Crippen LogP contribution in [0.2, 0.25) is 0 Å². The summed E-state index contributed by atoms with van der Waals surface area (Å²) in [5, 5.41) is 20.4. The van der Waals surface area contributed by atoms with Crippen LogP contribution in [0.4, 0.5) is 36.4 Å². The van der Waals surface area contributed by atoms with E-state index >= 15 is 0 Å². The first-order valence-electron chi connectivity index (χ1n) is 12.3. The van der Waals surface area contributed by atoms with E-state index < -0.39 is 83.5 Å². The van der Waals surface area contributed by atoms with Gasteiger partial charge in [0.05, 0.1) is 41.4 Å². The van der Waals surface area contributed by atoms with Crippen molar-refractivity contribution >= 4 is 24.6 Å². The average molecular weight is 587 g/mol. The van der Waals surface area contributed by atoms with Gasteiger partial charge in [-0.2, -0.15) is 26.3 Å². The van der Waals surface area contributed by atoms with Gasteiger partial charge in [0, 0.05) is 7.11 Å². The number of aromatic hydroxyl groups is 1. The van der Waals surface area contributed by atoms with Crippen molar-refractivity contribution in [1.82, 2.24) is 0 Å². The van der Waals surface area contributed by atoms with Crippen LogP contribution >= 0.6 is 0 Å². The molecule has 0 spiro atoms. The largest absolute Gasteiger partial charge is 0.505 e. The van der Waals surface area contributed by atoms with Gasteiger partial charge in [-0.3, -0.25) is 9.59 Å². The first-order chi connectivity index (χ1) is 19.1. The molecule has 15 heteroatoms. The highest BCUT2D eigenvalue weighted by molar-refractivity contribution is 6.53. The number of alkyl halides is 6. The van der Waals surface area contributed by atoms with Gasteiger partial charge in [-0.25, -0.2) is 9.29 Å². The Morgan fingerprint density at radius 1 is 1.00 bits per heavy atom. The number of hydrogen-bond donors (Lipinski definition) is 2. The van der Waals surface area contributed by atoms with Crippen LogP contribution < -0.4 is 4.90 Å². The summed E-state index contributed by atoms with van der Waals surface area (Å²) in [6.07, 6.45) is -11.7. The summed E-state index contributed by atoms with van der Waals surface area (Å²) in [5.41, 5.74) is -3.46. The lowest BCUT2D eigenvalue weighted by atomic mass is 9.55. The molecular formula is C26H21BF7NO6. The van der Waals surface area contributed by atoms with Crippen molar-refractivity contribution in [1.29, 1.82) is 0 Å². The number of ether oxygens (including phenoxy) is 1. The maximum absolute atomic E-state index is 14.1. The zero-order valence-electron chi connectivity index (χ0n) is 21.1. The summed E-state index contributed by atoms with van der Waals surface area (Å²) in [7, 11) is -0.300. The summed E-state index contributed by atoms with van der Waals surface area (Å²) in [4.78, 5) is 27.6. The standard InChI is InChI=1S/C26H21BF7NO6/c1-40-10-12-4-17-21(16-9-20(41-27(39)22(12)16)11-2-3-19(36)18(28)5-11)24(38)35(23(17)37)15-7-13(25(29,30)31)6-14(8-15)26(32,33)34/h2-3,5-8,16-17,20-21,36,39H,4,9-10H2,1H3/t16-,17-,20-,21+/m0/s1. The molecule has 218 valence electrons. The lowest BCUT2D eigenvalue weighted by molar-refractivity contribution is -0.143. The summed E-state index contributed by atoms with van der Waals surface area (Å²) in [6, 6.07) is 3.88. The van der Waals surface area contributed by atoms with Gasteiger partial charge < -0.3 is 19.5 Å². The molecule has 0 aromatic heterocycles. The number of hydrogen-bond acceptors (Lipinski definition) is 6. The molecule has 2 fully saturated rings. The van der Waals surface area contributed by atoms with E-state index in [1.54, 1.807) is 0 Å². The number of rotatable bonds is 4. The van der Waals surface area contributed by atoms with Crippen LogP contribution in [0.1, 0.15) is 35.6 Å². The third kappa shape index (κ3) is 5.10. The fourth-order valence-electron chi connectivity index (χ4n) is 5.98. The second-order valence-corrected chi connectivity index (χ2v) is 10.1. The Hall–Kier alpha value is -3.43. The molecule has 0 unspecified atom stereocenters. The van der Waals surface area contributed by atoms with Crippen LogP contribution in [0, 0.1) is 23.6 Å². The lowest BCUT2D eigenvalue weighted by Gasteiger charge is -2.42. The molecule has 41 heavy (non-hydrogen) atoms. The zero-order chi connectivity index (χ0) is 30.0. The van der Waals surface area contributed by atoms with Gasteiger partial charge in [0.15, 0.2) is 11.6 Å². The van der Waals surface area contributed by atoms with Crippen molar-refractivity contribution in [2.24, 2.45) is 17.8 Å². The van der Waals surface area contributed by atoms with Gasteiger partial charge in [0.2, 0.25) is 11.8 Å². The van der Waals surface area contributed by atoms with Crippen LogP contribution in [0.5, 0.6) is 5.75 Å². The minimum Gasteiger partial charge on any atom is -0.505 e. The van der Waals surface area contributed by atoms with Gasteiger partial charge in [-0.15, -0.1) is 0 Å². The van der Waals surface area contributed by atoms with Crippen LogP contribution in [0.3, 0.4) is 0 Å². The van der Waals surface area contributed by atoms with Crippen molar-refractivity contribution in [2.75, 3.05) is 18.6 Å². The molecule has 0 bridgehead atoms. The van der Waals surface area contributed by atoms with Crippen molar-refractivity contribution in [3.63, 3.8) is 0 Å². The quantitative estimate of drug-likeness (QED) is 0.303. The van der Waals surface area contributed by atoms with E-state index in [0.29, 0.717) is 22.6 Å². The number of imide groups is 1. The highest BCUT2D eigenvalue weighted by atomic mass is 19.4. The molecule has 1 aliphatic carbocycles. The maximum atomic E-state index is 14.1. The Labute approximate surface area is 228 Å². The Morgan fingerprint density at radius 2 is 1.63 bits per heavy atom. The molecule has 2 aromatic carbocycles. The number of benzene rings is 2. The van der Waals surface area contributed by atoms with Crippen molar-refractivity contribution in [2.45, 2.75) is 31.3 Å². The van der Waals surface area contributed by atoms with E-state index in [2.05, 4.69) is 0 Å². The van der Waals surface area contributed by atoms with Crippen LogP contribution in [-0.2, 0) is 31.3 Å². The van der Waals surface area contributed by atoms with E-state index in [4.69, 9.17) is 9.39 Å². The second-order valence-electron chi connectivity index (χ2n) is 10.1. The lowest BCUT2D eigenvalue weighted by Crippen LogP contribution is -2.45. The number of nitrogens with zero attached hydrogens (tertiary/aromatic N) is 1. The second kappa shape index (κ2) is 10.1. The zero-order valence-corrected chi connectivity index (χ0v) is 21.1. The molecule has 3 aliphatic rings. The maximum Gasteiger partial charge on any atom is 0.487 e. The molecule has 2 aliphatic heterocycles. The summed E-state index contributed by atoms with van der Waals surface area (Å²) < 4.78 is 106. The van der Waals surface area contributed by atoms with Gasteiger partial charge in [-0.1, -0.05) is 6.07 Å². The summed E-state index contributed by atoms with van der Waals surface area (Å²) in [5.74, 6) is -7.02. The number of anilines is 1.